The van der Waals surface area contributed by atoms with Gasteiger partial charge in [-0.3, -0.25) is 4.79 Å². The number of benzene rings is 2. The lowest BCUT2D eigenvalue weighted by molar-refractivity contribution is -0.137. The van der Waals surface area contributed by atoms with E-state index in [2.05, 4.69) is 5.32 Å². The Labute approximate surface area is 153 Å². The van der Waals surface area contributed by atoms with Crippen LogP contribution < -0.4 is 19.5 Å². The van der Waals surface area contributed by atoms with Gasteiger partial charge in [0.1, 0.15) is 5.75 Å². The average Bonchev–Trinajstić information content (AvgIpc) is 2.95. The number of methoxy groups -OCH3 is 3. The Kier molecular flexibility index (Phi) is 4.73. The van der Waals surface area contributed by atoms with Crippen molar-refractivity contribution < 1.29 is 32.2 Å². The van der Waals surface area contributed by atoms with Crippen molar-refractivity contribution >= 4 is 23.2 Å². The highest BCUT2D eigenvalue weighted by Crippen LogP contribution is 2.41. The molecule has 1 aliphatic rings. The third-order valence-corrected chi connectivity index (χ3v) is 4.17. The van der Waals surface area contributed by atoms with Crippen LogP contribution in [0.15, 0.2) is 30.3 Å². The van der Waals surface area contributed by atoms with Gasteiger partial charge in [0.05, 0.1) is 26.9 Å². The van der Waals surface area contributed by atoms with Crippen LogP contribution in [-0.4, -0.2) is 27.2 Å². The number of anilines is 1. The SMILES string of the molecule is COc1cc(OC)c(OC)cc1/C=C1\C(=O)Nc2cc(C(F)(F)F)ccc21. The molecule has 2 aromatic carbocycles. The minimum absolute atomic E-state index is 0.112. The lowest BCUT2D eigenvalue weighted by Crippen LogP contribution is -2.06. The van der Waals surface area contributed by atoms with Gasteiger partial charge in [-0.15, -0.1) is 0 Å². The molecule has 0 saturated heterocycles. The third kappa shape index (κ3) is 3.42. The van der Waals surface area contributed by atoms with Crippen molar-refractivity contribution in [3.8, 4) is 17.2 Å². The Balaban J connectivity index is 2.11. The first kappa shape index (κ1) is 18.6. The van der Waals surface area contributed by atoms with E-state index in [4.69, 9.17) is 14.2 Å². The topological polar surface area (TPSA) is 56.8 Å². The van der Waals surface area contributed by atoms with Gasteiger partial charge in [-0.1, -0.05) is 6.07 Å². The third-order valence-electron chi connectivity index (χ3n) is 4.17. The summed E-state index contributed by atoms with van der Waals surface area (Å²) in [6, 6.07) is 6.36. The zero-order chi connectivity index (χ0) is 19.8. The van der Waals surface area contributed by atoms with E-state index in [1.165, 1.54) is 33.5 Å². The fourth-order valence-corrected chi connectivity index (χ4v) is 2.84. The number of carbonyl (C=O) groups excluding carboxylic acids is 1. The van der Waals surface area contributed by atoms with Crippen molar-refractivity contribution in [1.82, 2.24) is 0 Å². The second kappa shape index (κ2) is 6.86. The molecule has 5 nitrogen and oxygen atoms in total. The average molecular weight is 379 g/mol. The molecule has 0 aromatic heterocycles. The summed E-state index contributed by atoms with van der Waals surface area (Å²) in [5.41, 5.74) is 0.411. The molecule has 0 saturated carbocycles. The monoisotopic (exact) mass is 379 g/mol. The number of halogens is 3. The van der Waals surface area contributed by atoms with Crippen LogP contribution in [0.1, 0.15) is 16.7 Å². The summed E-state index contributed by atoms with van der Waals surface area (Å²) in [6.45, 7) is 0. The van der Waals surface area contributed by atoms with Crippen LogP contribution in [0.25, 0.3) is 11.6 Å². The smallest absolute Gasteiger partial charge is 0.416 e. The van der Waals surface area contributed by atoms with E-state index in [1.807, 2.05) is 0 Å². The van der Waals surface area contributed by atoms with Crippen LogP contribution in [0.2, 0.25) is 0 Å². The highest BCUT2D eigenvalue weighted by molar-refractivity contribution is 6.35. The van der Waals surface area contributed by atoms with Crippen LogP contribution in [0.4, 0.5) is 18.9 Å². The number of amides is 1. The highest BCUT2D eigenvalue weighted by atomic mass is 19.4. The minimum Gasteiger partial charge on any atom is -0.496 e. The lowest BCUT2D eigenvalue weighted by Gasteiger charge is -2.12. The summed E-state index contributed by atoms with van der Waals surface area (Å²) in [5.74, 6) is 0.799. The van der Waals surface area contributed by atoms with E-state index in [0.717, 1.165) is 12.1 Å². The van der Waals surface area contributed by atoms with E-state index in [-0.39, 0.29) is 11.3 Å². The molecular formula is C19H16F3NO4. The number of hydrogen-bond acceptors (Lipinski definition) is 4. The van der Waals surface area contributed by atoms with Crippen molar-refractivity contribution in [2.75, 3.05) is 26.6 Å². The minimum atomic E-state index is -4.49. The molecule has 0 unspecified atom stereocenters. The molecule has 1 aliphatic heterocycles. The number of nitrogens with one attached hydrogen (secondary N) is 1. The summed E-state index contributed by atoms with van der Waals surface area (Å²) >= 11 is 0. The fourth-order valence-electron chi connectivity index (χ4n) is 2.84. The van der Waals surface area contributed by atoms with E-state index in [1.54, 1.807) is 12.1 Å². The van der Waals surface area contributed by atoms with Gasteiger partial charge in [0.15, 0.2) is 11.5 Å². The first-order valence-corrected chi connectivity index (χ1v) is 7.83. The first-order valence-electron chi connectivity index (χ1n) is 7.83. The Bertz CT molecular complexity index is 935. The number of alkyl halides is 3. The lowest BCUT2D eigenvalue weighted by atomic mass is 10.0. The van der Waals surface area contributed by atoms with E-state index < -0.39 is 17.6 Å². The van der Waals surface area contributed by atoms with Gasteiger partial charge in [0.25, 0.3) is 5.91 Å². The number of ether oxygens (including phenoxy) is 3. The van der Waals surface area contributed by atoms with Crippen LogP contribution in [0.5, 0.6) is 17.2 Å². The van der Waals surface area contributed by atoms with Crippen molar-refractivity contribution in [3.63, 3.8) is 0 Å². The zero-order valence-corrected chi connectivity index (χ0v) is 14.7. The number of rotatable bonds is 4. The van der Waals surface area contributed by atoms with Gasteiger partial charge in [0.2, 0.25) is 0 Å². The summed E-state index contributed by atoms with van der Waals surface area (Å²) in [7, 11) is 4.41. The van der Waals surface area contributed by atoms with Crippen molar-refractivity contribution in [2.24, 2.45) is 0 Å². The van der Waals surface area contributed by atoms with Gasteiger partial charge >= 0.3 is 6.18 Å². The molecule has 1 N–H and O–H groups in total. The molecule has 142 valence electrons. The quantitative estimate of drug-likeness (QED) is 0.808. The molecule has 27 heavy (non-hydrogen) atoms. The second-order valence-electron chi connectivity index (χ2n) is 5.72. The molecule has 0 atom stereocenters. The second-order valence-corrected chi connectivity index (χ2v) is 5.72. The highest BCUT2D eigenvalue weighted by Gasteiger charge is 2.33. The van der Waals surface area contributed by atoms with Crippen molar-refractivity contribution in [3.05, 3.63) is 47.0 Å². The Morgan fingerprint density at radius 3 is 2.15 bits per heavy atom. The molecule has 0 fully saturated rings. The number of hydrogen-bond donors (Lipinski definition) is 1. The van der Waals surface area contributed by atoms with Crippen molar-refractivity contribution in [1.29, 1.82) is 0 Å². The molecule has 8 heteroatoms. The predicted molar refractivity (Wildman–Crippen MR) is 94.0 cm³/mol. The van der Waals surface area contributed by atoms with Gasteiger partial charge in [0, 0.05) is 28.5 Å². The zero-order valence-electron chi connectivity index (χ0n) is 14.7. The fraction of sp³-hybridized carbons (Fsp3) is 0.211. The molecule has 2 aromatic rings. The van der Waals surface area contributed by atoms with Crippen molar-refractivity contribution in [2.45, 2.75) is 6.18 Å². The Morgan fingerprint density at radius 2 is 1.56 bits per heavy atom. The molecule has 1 amide bonds. The molecule has 0 bridgehead atoms. The predicted octanol–water partition coefficient (Wildman–Crippen LogP) is 4.22. The molecular weight excluding hydrogens is 363 g/mol. The van der Waals surface area contributed by atoms with E-state index >= 15 is 0 Å². The number of fused-ring (bicyclic) bond motifs is 1. The van der Waals surface area contributed by atoms with Crippen LogP contribution in [-0.2, 0) is 11.0 Å². The summed E-state index contributed by atoms with van der Waals surface area (Å²) in [5, 5.41) is 2.46. The van der Waals surface area contributed by atoms with E-state index in [9.17, 15) is 18.0 Å². The van der Waals surface area contributed by atoms with Gasteiger partial charge in [-0.2, -0.15) is 13.2 Å². The molecule has 0 radical (unpaired) electrons. The largest absolute Gasteiger partial charge is 0.496 e. The standard InChI is InChI=1S/C19H16F3NO4/c1-25-15-9-17(27-3)16(26-2)7-10(15)6-13-12-5-4-11(19(20,21)22)8-14(12)23-18(13)24/h4-9H,1-3H3,(H,23,24)/b13-6-. The Morgan fingerprint density at radius 1 is 0.926 bits per heavy atom. The summed E-state index contributed by atoms with van der Waals surface area (Å²) < 4.78 is 54.4. The molecule has 3 rings (SSSR count). The van der Waals surface area contributed by atoms with Crippen LogP contribution in [0.3, 0.4) is 0 Å². The van der Waals surface area contributed by atoms with Crippen LogP contribution >= 0.6 is 0 Å². The summed E-state index contributed by atoms with van der Waals surface area (Å²) in [6.07, 6.45) is -2.95. The number of carbonyl (C=O) groups is 1. The van der Waals surface area contributed by atoms with Gasteiger partial charge < -0.3 is 19.5 Å². The van der Waals surface area contributed by atoms with Gasteiger partial charge in [-0.05, 0) is 24.3 Å². The maximum Gasteiger partial charge on any atom is 0.416 e. The molecule has 0 spiro atoms. The maximum atomic E-state index is 12.9. The van der Waals surface area contributed by atoms with E-state index in [0.29, 0.717) is 28.4 Å². The molecule has 0 aliphatic carbocycles. The Hall–Kier alpha value is -3.16. The van der Waals surface area contributed by atoms with Gasteiger partial charge in [-0.25, -0.2) is 0 Å². The normalized spacial score (nSPS) is 14.7. The van der Waals surface area contributed by atoms with Crippen LogP contribution in [0, 0.1) is 0 Å². The molecule has 1 heterocycles. The first-order chi connectivity index (χ1) is 12.8. The maximum absolute atomic E-state index is 12.9. The summed E-state index contributed by atoms with van der Waals surface area (Å²) in [4.78, 5) is 12.3.